The first-order chi connectivity index (χ1) is 9.22. The fourth-order valence-electron chi connectivity index (χ4n) is 1.50. The predicted octanol–water partition coefficient (Wildman–Crippen LogP) is 2.39. The number of rotatable bonds is 7. The van der Waals surface area contributed by atoms with Crippen LogP contribution in [0.1, 0.15) is 33.3 Å². The van der Waals surface area contributed by atoms with Gasteiger partial charge >= 0.3 is 0 Å². The Morgan fingerprint density at radius 2 is 1.75 bits per heavy atom. The van der Waals surface area contributed by atoms with E-state index in [-0.39, 0.29) is 23.7 Å². The van der Waals surface area contributed by atoms with Gasteiger partial charge in [0.25, 0.3) is 0 Å². The molecule has 0 saturated carbocycles. The summed E-state index contributed by atoms with van der Waals surface area (Å²) in [6, 6.07) is 7.72. The first kappa shape index (κ1) is 17.0. The highest BCUT2D eigenvalue weighted by atomic mass is 32.2. The second-order valence-corrected chi connectivity index (χ2v) is 8.31. The second-order valence-electron chi connectivity index (χ2n) is 5.83. The minimum absolute atomic E-state index is 0.0663. The van der Waals surface area contributed by atoms with Crippen molar-refractivity contribution in [2.45, 2.75) is 39.8 Å². The molecule has 0 spiro atoms. The summed E-state index contributed by atoms with van der Waals surface area (Å²) in [5.74, 6) is 0.931. The van der Waals surface area contributed by atoms with E-state index in [4.69, 9.17) is 4.74 Å². The van der Waals surface area contributed by atoms with Crippen molar-refractivity contribution >= 4 is 9.84 Å². The van der Waals surface area contributed by atoms with Gasteiger partial charge in [-0.25, -0.2) is 8.42 Å². The largest absolute Gasteiger partial charge is 0.493 e. The lowest BCUT2D eigenvalue weighted by Crippen LogP contribution is -2.35. The third-order valence-corrected chi connectivity index (χ3v) is 4.52. The summed E-state index contributed by atoms with van der Waals surface area (Å²) >= 11 is 0. The van der Waals surface area contributed by atoms with Crippen molar-refractivity contribution in [1.29, 1.82) is 0 Å². The Kier molecular flexibility index (Phi) is 6.02. The molecule has 114 valence electrons. The summed E-state index contributed by atoms with van der Waals surface area (Å²) in [5.41, 5.74) is 1.26. The topological polar surface area (TPSA) is 55.4 Å². The highest BCUT2D eigenvalue weighted by Crippen LogP contribution is 2.13. The maximum Gasteiger partial charge on any atom is 0.153 e. The number of nitrogens with one attached hydrogen (secondary N) is 1. The SMILES string of the molecule is CCS(=O)(=O)CCOc1ccc(CNC(C)(C)C)cc1. The number of hydrogen-bond donors (Lipinski definition) is 1. The smallest absolute Gasteiger partial charge is 0.153 e. The van der Waals surface area contributed by atoms with Gasteiger partial charge < -0.3 is 10.1 Å². The van der Waals surface area contributed by atoms with Crippen molar-refractivity contribution in [1.82, 2.24) is 5.32 Å². The van der Waals surface area contributed by atoms with Gasteiger partial charge in [0.2, 0.25) is 0 Å². The average molecular weight is 299 g/mol. The maximum absolute atomic E-state index is 11.3. The minimum Gasteiger partial charge on any atom is -0.493 e. The third kappa shape index (κ3) is 6.91. The molecule has 0 fully saturated rings. The maximum atomic E-state index is 11.3. The van der Waals surface area contributed by atoms with Crippen molar-refractivity contribution < 1.29 is 13.2 Å². The quantitative estimate of drug-likeness (QED) is 0.840. The van der Waals surface area contributed by atoms with E-state index in [1.54, 1.807) is 6.92 Å². The van der Waals surface area contributed by atoms with Crippen LogP contribution in [0.15, 0.2) is 24.3 Å². The lowest BCUT2D eigenvalue weighted by atomic mass is 10.1. The molecule has 4 nitrogen and oxygen atoms in total. The van der Waals surface area contributed by atoms with Crippen molar-refractivity contribution in [2.24, 2.45) is 0 Å². The zero-order chi connectivity index (χ0) is 15.2. The Morgan fingerprint density at radius 3 is 2.25 bits per heavy atom. The van der Waals surface area contributed by atoms with Crippen LogP contribution in [0.2, 0.25) is 0 Å². The second kappa shape index (κ2) is 7.09. The molecule has 0 atom stereocenters. The molecule has 0 aliphatic heterocycles. The fraction of sp³-hybridized carbons (Fsp3) is 0.600. The van der Waals surface area contributed by atoms with Gasteiger partial charge in [0.15, 0.2) is 9.84 Å². The van der Waals surface area contributed by atoms with Gasteiger partial charge in [-0.15, -0.1) is 0 Å². The molecule has 1 rings (SSSR count). The van der Waals surface area contributed by atoms with Crippen LogP contribution in [0.3, 0.4) is 0 Å². The molecule has 0 bridgehead atoms. The van der Waals surface area contributed by atoms with E-state index in [0.29, 0.717) is 5.75 Å². The Balaban J connectivity index is 2.43. The van der Waals surface area contributed by atoms with Crippen LogP contribution in [-0.2, 0) is 16.4 Å². The van der Waals surface area contributed by atoms with Gasteiger partial charge in [0.05, 0.1) is 5.75 Å². The van der Waals surface area contributed by atoms with Crippen LogP contribution >= 0.6 is 0 Å². The lowest BCUT2D eigenvalue weighted by molar-refractivity contribution is 0.340. The Labute approximate surface area is 122 Å². The zero-order valence-corrected chi connectivity index (χ0v) is 13.6. The van der Waals surface area contributed by atoms with Gasteiger partial charge in [-0.1, -0.05) is 19.1 Å². The summed E-state index contributed by atoms with van der Waals surface area (Å²) in [5, 5.41) is 3.41. The highest BCUT2D eigenvalue weighted by molar-refractivity contribution is 7.91. The predicted molar refractivity (Wildman–Crippen MR) is 82.9 cm³/mol. The standard InChI is InChI=1S/C15H25NO3S/c1-5-20(17,18)11-10-19-14-8-6-13(7-9-14)12-16-15(2,3)4/h6-9,16H,5,10-12H2,1-4H3. The number of sulfone groups is 1. The molecule has 1 aromatic carbocycles. The molecular formula is C15H25NO3S. The van der Waals surface area contributed by atoms with E-state index in [9.17, 15) is 8.42 Å². The Hall–Kier alpha value is -1.07. The van der Waals surface area contributed by atoms with Crippen LogP contribution in [0.25, 0.3) is 0 Å². The molecule has 20 heavy (non-hydrogen) atoms. The Bertz CT molecular complexity index is 501. The molecule has 0 radical (unpaired) electrons. The zero-order valence-electron chi connectivity index (χ0n) is 12.8. The molecule has 0 amide bonds. The van der Waals surface area contributed by atoms with Crippen LogP contribution < -0.4 is 10.1 Å². The van der Waals surface area contributed by atoms with E-state index in [1.165, 1.54) is 5.56 Å². The summed E-state index contributed by atoms with van der Waals surface area (Å²) < 4.78 is 28.1. The van der Waals surface area contributed by atoms with Gasteiger partial charge in [0, 0.05) is 17.8 Å². The highest BCUT2D eigenvalue weighted by Gasteiger charge is 2.09. The van der Waals surface area contributed by atoms with Gasteiger partial charge in [-0.3, -0.25) is 0 Å². The number of ether oxygens (including phenoxy) is 1. The van der Waals surface area contributed by atoms with Crippen molar-refractivity contribution in [3.05, 3.63) is 29.8 Å². The molecule has 1 N–H and O–H groups in total. The molecular weight excluding hydrogens is 274 g/mol. The lowest BCUT2D eigenvalue weighted by Gasteiger charge is -2.20. The van der Waals surface area contributed by atoms with Crippen LogP contribution in [0, 0.1) is 0 Å². The molecule has 0 aromatic heterocycles. The third-order valence-electron chi connectivity index (χ3n) is 2.85. The molecule has 0 saturated heterocycles. The minimum atomic E-state index is -2.96. The monoisotopic (exact) mass is 299 g/mol. The van der Waals surface area contributed by atoms with Crippen molar-refractivity contribution in [3.63, 3.8) is 0 Å². The normalized spacial score (nSPS) is 12.4. The molecule has 5 heteroatoms. The van der Waals surface area contributed by atoms with E-state index in [1.807, 2.05) is 24.3 Å². The average Bonchev–Trinajstić information content (AvgIpc) is 2.37. The number of benzene rings is 1. The van der Waals surface area contributed by atoms with Gasteiger partial charge in [-0.2, -0.15) is 0 Å². The Morgan fingerprint density at radius 1 is 1.15 bits per heavy atom. The van der Waals surface area contributed by atoms with E-state index < -0.39 is 9.84 Å². The summed E-state index contributed by atoms with van der Waals surface area (Å²) in [6.07, 6.45) is 0. The number of hydrogen-bond acceptors (Lipinski definition) is 4. The van der Waals surface area contributed by atoms with Crippen LogP contribution in [0.5, 0.6) is 5.75 Å². The summed E-state index contributed by atoms with van der Waals surface area (Å²) in [7, 11) is -2.96. The molecule has 0 unspecified atom stereocenters. The summed E-state index contributed by atoms with van der Waals surface area (Å²) in [6.45, 7) is 9.02. The molecule has 0 heterocycles. The van der Waals surface area contributed by atoms with Crippen LogP contribution in [-0.4, -0.2) is 32.1 Å². The van der Waals surface area contributed by atoms with E-state index >= 15 is 0 Å². The van der Waals surface area contributed by atoms with Crippen molar-refractivity contribution in [3.8, 4) is 5.75 Å². The summed E-state index contributed by atoms with van der Waals surface area (Å²) in [4.78, 5) is 0. The van der Waals surface area contributed by atoms with E-state index in [0.717, 1.165) is 6.54 Å². The van der Waals surface area contributed by atoms with Crippen LogP contribution in [0.4, 0.5) is 0 Å². The molecule has 0 aliphatic rings. The first-order valence-electron chi connectivity index (χ1n) is 6.89. The van der Waals surface area contributed by atoms with Gasteiger partial charge in [-0.05, 0) is 38.5 Å². The van der Waals surface area contributed by atoms with Crippen molar-refractivity contribution in [2.75, 3.05) is 18.1 Å². The molecule has 0 aliphatic carbocycles. The fourth-order valence-corrected chi connectivity index (χ4v) is 2.13. The van der Waals surface area contributed by atoms with Gasteiger partial charge in [0.1, 0.15) is 12.4 Å². The molecule has 1 aromatic rings. The van der Waals surface area contributed by atoms with E-state index in [2.05, 4.69) is 26.1 Å². The first-order valence-corrected chi connectivity index (χ1v) is 8.71.